The molecule has 1 aromatic heterocycles. The van der Waals surface area contributed by atoms with E-state index in [-0.39, 0.29) is 11.2 Å². The minimum atomic E-state index is -3.71. The number of hydrogen-bond donors (Lipinski definition) is 1. The summed E-state index contributed by atoms with van der Waals surface area (Å²) in [6.45, 7) is 12.4. The summed E-state index contributed by atoms with van der Waals surface area (Å²) < 4.78 is 29.7. The van der Waals surface area contributed by atoms with Crippen LogP contribution in [0.25, 0.3) is 0 Å². The molecule has 0 spiro atoms. The van der Waals surface area contributed by atoms with Gasteiger partial charge in [0.1, 0.15) is 11.0 Å². The van der Waals surface area contributed by atoms with Crippen LogP contribution in [0, 0.1) is 0 Å². The fourth-order valence-electron chi connectivity index (χ4n) is 1.56. The van der Waals surface area contributed by atoms with Crippen molar-refractivity contribution in [3.05, 3.63) is 11.7 Å². The Kier molecular flexibility index (Phi) is 5.06. The summed E-state index contributed by atoms with van der Waals surface area (Å²) in [6.07, 6.45) is 0. The Hall–Kier alpha value is -1.44. The second-order valence-corrected chi connectivity index (χ2v) is 9.78. The first-order valence-electron chi connectivity index (χ1n) is 7.09. The van der Waals surface area contributed by atoms with Gasteiger partial charge in [-0.15, -0.1) is 0 Å². The number of sulfone groups is 1. The maximum absolute atomic E-state index is 12.3. The highest BCUT2D eigenvalue weighted by Crippen LogP contribution is 2.20. The molecule has 0 unspecified atom stereocenters. The molecule has 126 valence electrons. The molecule has 1 aromatic rings. The van der Waals surface area contributed by atoms with Crippen LogP contribution < -0.4 is 5.32 Å². The lowest BCUT2D eigenvalue weighted by atomic mass is 9.97. The zero-order valence-electron chi connectivity index (χ0n) is 14.2. The molecule has 22 heavy (non-hydrogen) atoms. The predicted octanol–water partition coefficient (Wildman–Crippen LogP) is 1.59. The Labute approximate surface area is 131 Å². The van der Waals surface area contributed by atoms with Gasteiger partial charge in [0.25, 0.3) is 0 Å². The van der Waals surface area contributed by atoms with E-state index in [1.54, 1.807) is 20.8 Å². The van der Waals surface area contributed by atoms with Crippen molar-refractivity contribution >= 4 is 15.7 Å². The highest BCUT2D eigenvalue weighted by molar-refractivity contribution is 7.92. The van der Waals surface area contributed by atoms with E-state index in [0.29, 0.717) is 5.89 Å². The van der Waals surface area contributed by atoms with Crippen molar-refractivity contribution in [3.63, 3.8) is 0 Å². The molecule has 0 aliphatic carbocycles. The van der Waals surface area contributed by atoms with Crippen LogP contribution in [0.3, 0.4) is 0 Å². The lowest BCUT2D eigenvalue weighted by Gasteiger charge is -2.23. The second kappa shape index (κ2) is 5.98. The first-order valence-corrected chi connectivity index (χ1v) is 8.80. The van der Waals surface area contributed by atoms with Crippen LogP contribution in [0.15, 0.2) is 4.52 Å². The summed E-state index contributed by atoms with van der Waals surface area (Å²) in [5, 5.41) is 5.17. The second-order valence-electron chi connectivity index (χ2n) is 7.45. The van der Waals surface area contributed by atoms with E-state index in [1.807, 2.05) is 20.8 Å². The lowest BCUT2D eigenvalue weighted by molar-refractivity contribution is -0.121. The van der Waals surface area contributed by atoms with Gasteiger partial charge in [-0.05, 0) is 27.7 Å². The third kappa shape index (κ3) is 5.08. The Balaban J connectivity index is 2.87. The van der Waals surface area contributed by atoms with E-state index in [0.717, 1.165) is 0 Å². The molecule has 0 saturated carbocycles. The topological polar surface area (TPSA) is 102 Å². The quantitative estimate of drug-likeness (QED) is 0.898. The van der Waals surface area contributed by atoms with Gasteiger partial charge in [-0.3, -0.25) is 4.79 Å². The van der Waals surface area contributed by atoms with Gasteiger partial charge in [-0.1, -0.05) is 25.9 Å². The first-order chi connectivity index (χ1) is 9.72. The molecule has 0 aliphatic rings. The molecular formula is C14H25N3O4S. The SMILES string of the molecule is C[C@H](C(=O)NC(C)(C)C)S(=O)(=O)Cc1noc(C(C)(C)C)n1. The highest BCUT2D eigenvalue weighted by atomic mass is 32.2. The standard InChI is InChI=1S/C14H25N3O4S/c1-9(11(18)16-14(5,6)7)22(19,20)8-10-15-12(21-17-10)13(2,3)4/h9H,8H2,1-7H3,(H,16,18)/t9-/m1/s1. The number of nitrogens with one attached hydrogen (secondary N) is 1. The third-order valence-corrected chi connectivity index (χ3v) is 4.80. The monoisotopic (exact) mass is 331 g/mol. The van der Waals surface area contributed by atoms with Gasteiger partial charge in [0.2, 0.25) is 11.8 Å². The number of hydrogen-bond acceptors (Lipinski definition) is 6. The normalized spacial score (nSPS) is 14.7. The molecular weight excluding hydrogens is 306 g/mol. The van der Waals surface area contributed by atoms with E-state index in [4.69, 9.17) is 4.52 Å². The van der Waals surface area contributed by atoms with E-state index >= 15 is 0 Å². The van der Waals surface area contributed by atoms with Crippen molar-refractivity contribution in [3.8, 4) is 0 Å². The summed E-state index contributed by atoms with van der Waals surface area (Å²) in [5.74, 6) is -0.525. The number of aromatic nitrogens is 2. The van der Waals surface area contributed by atoms with Gasteiger partial charge in [0, 0.05) is 11.0 Å². The molecule has 0 saturated heterocycles. The Bertz CT molecular complexity index is 636. The fourth-order valence-corrected chi connectivity index (χ4v) is 2.67. The van der Waals surface area contributed by atoms with Crippen molar-refractivity contribution in [1.82, 2.24) is 15.5 Å². The Morgan fingerprint density at radius 3 is 2.18 bits per heavy atom. The van der Waals surface area contributed by atoms with Gasteiger partial charge in [-0.25, -0.2) is 8.42 Å². The molecule has 7 nitrogen and oxygen atoms in total. The molecule has 0 bridgehead atoms. The molecule has 1 rings (SSSR count). The zero-order chi connectivity index (χ0) is 17.3. The predicted molar refractivity (Wildman–Crippen MR) is 83.0 cm³/mol. The molecule has 1 N–H and O–H groups in total. The number of rotatable bonds is 4. The maximum atomic E-state index is 12.3. The maximum Gasteiger partial charge on any atom is 0.238 e. The molecule has 8 heteroatoms. The lowest BCUT2D eigenvalue weighted by Crippen LogP contribution is -2.47. The van der Waals surface area contributed by atoms with E-state index in [1.165, 1.54) is 6.92 Å². The van der Waals surface area contributed by atoms with Crippen LogP contribution in [0.4, 0.5) is 0 Å². The minimum absolute atomic E-state index is 0.0698. The van der Waals surface area contributed by atoms with Crippen LogP contribution in [0.2, 0.25) is 0 Å². The summed E-state index contributed by atoms with van der Waals surface area (Å²) in [4.78, 5) is 16.1. The van der Waals surface area contributed by atoms with Crippen molar-refractivity contribution in [2.45, 2.75) is 70.4 Å². The Morgan fingerprint density at radius 2 is 1.77 bits per heavy atom. The zero-order valence-corrected chi connectivity index (χ0v) is 15.0. The molecule has 1 atom stereocenters. The molecule has 0 fully saturated rings. The van der Waals surface area contributed by atoms with Crippen LogP contribution >= 0.6 is 0 Å². The molecule has 0 aromatic carbocycles. The van der Waals surface area contributed by atoms with Gasteiger partial charge >= 0.3 is 0 Å². The average molecular weight is 331 g/mol. The van der Waals surface area contributed by atoms with Crippen LogP contribution in [-0.2, 0) is 25.8 Å². The molecule has 1 amide bonds. The minimum Gasteiger partial charge on any atom is -0.350 e. The first kappa shape index (κ1) is 18.6. The van der Waals surface area contributed by atoms with E-state index in [9.17, 15) is 13.2 Å². The van der Waals surface area contributed by atoms with Crippen LogP contribution in [0.5, 0.6) is 0 Å². The van der Waals surface area contributed by atoms with Gasteiger partial charge < -0.3 is 9.84 Å². The fraction of sp³-hybridized carbons (Fsp3) is 0.786. The van der Waals surface area contributed by atoms with Gasteiger partial charge in [0.05, 0.1) is 0 Å². The van der Waals surface area contributed by atoms with Crippen LogP contribution in [0.1, 0.15) is 60.2 Å². The van der Waals surface area contributed by atoms with Crippen molar-refractivity contribution in [1.29, 1.82) is 0 Å². The van der Waals surface area contributed by atoms with Crippen molar-refractivity contribution < 1.29 is 17.7 Å². The van der Waals surface area contributed by atoms with Gasteiger partial charge in [0.15, 0.2) is 15.7 Å². The van der Waals surface area contributed by atoms with Crippen LogP contribution in [-0.4, -0.2) is 35.3 Å². The number of carbonyl (C=O) groups excluding carboxylic acids is 1. The molecule has 0 radical (unpaired) electrons. The summed E-state index contributed by atoms with van der Waals surface area (Å²) in [5.41, 5.74) is -0.851. The van der Waals surface area contributed by atoms with Gasteiger partial charge in [-0.2, -0.15) is 4.98 Å². The summed E-state index contributed by atoms with van der Waals surface area (Å²) in [7, 11) is -3.71. The number of carbonyl (C=O) groups is 1. The summed E-state index contributed by atoms with van der Waals surface area (Å²) >= 11 is 0. The van der Waals surface area contributed by atoms with E-state index < -0.39 is 32.3 Å². The smallest absolute Gasteiger partial charge is 0.238 e. The Morgan fingerprint density at radius 1 is 1.23 bits per heavy atom. The largest absolute Gasteiger partial charge is 0.350 e. The summed E-state index contributed by atoms with van der Waals surface area (Å²) in [6, 6.07) is 0. The third-order valence-electron chi connectivity index (χ3n) is 2.85. The van der Waals surface area contributed by atoms with E-state index in [2.05, 4.69) is 15.5 Å². The average Bonchev–Trinajstić information content (AvgIpc) is 2.72. The van der Waals surface area contributed by atoms with Crippen molar-refractivity contribution in [2.24, 2.45) is 0 Å². The molecule has 0 aliphatic heterocycles. The molecule has 1 heterocycles. The number of amides is 1. The van der Waals surface area contributed by atoms with Crippen molar-refractivity contribution in [2.75, 3.05) is 0 Å². The highest BCUT2D eigenvalue weighted by Gasteiger charge is 2.32. The number of nitrogens with zero attached hydrogens (tertiary/aromatic N) is 2.